The van der Waals surface area contributed by atoms with Gasteiger partial charge < -0.3 is 9.88 Å². The fourth-order valence-electron chi connectivity index (χ4n) is 1.50. The van der Waals surface area contributed by atoms with E-state index in [0.717, 1.165) is 11.4 Å². The van der Waals surface area contributed by atoms with E-state index in [1.165, 1.54) is 6.07 Å². The zero-order valence-corrected chi connectivity index (χ0v) is 9.37. The molecule has 0 spiro atoms. The van der Waals surface area contributed by atoms with E-state index in [0.29, 0.717) is 12.1 Å². The Hall–Kier alpha value is -1.84. The first-order chi connectivity index (χ1) is 7.66. The Labute approximate surface area is 93.9 Å². The zero-order chi connectivity index (χ0) is 11.5. The molecule has 0 fully saturated rings. The van der Waals surface area contributed by atoms with Gasteiger partial charge in [-0.05, 0) is 30.7 Å². The van der Waals surface area contributed by atoms with Crippen molar-refractivity contribution in [1.29, 1.82) is 0 Å². The average molecular weight is 219 g/mol. The fourth-order valence-corrected chi connectivity index (χ4v) is 1.50. The van der Waals surface area contributed by atoms with Gasteiger partial charge in [-0.3, -0.25) is 0 Å². The second kappa shape index (κ2) is 4.35. The van der Waals surface area contributed by atoms with Crippen molar-refractivity contribution >= 4 is 5.69 Å². The van der Waals surface area contributed by atoms with Crippen molar-refractivity contribution in [2.24, 2.45) is 7.05 Å². The van der Waals surface area contributed by atoms with Crippen molar-refractivity contribution in [2.75, 3.05) is 5.32 Å². The molecule has 2 aromatic rings. The number of aryl methyl sites for hydroxylation is 2. The summed E-state index contributed by atoms with van der Waals surface area (Å²) in [7, 11) is 1.94. The van der Waals surface area contributed by atoms with E-state index >= 15 is 0 Å². The number of hydrogen-bond donors (Lipinski definition) is 1. The topological polar surface area (TPSA) is 29.9 Å². The molecule has 16 heavy (non-hydrogen) atoms. The Kier molecular flexibility index (Phi) is 2.90. The average Bonchev–Trinajstić information content (AvgIpc) is 2.66. The lowest BCUT2D eigenvalue weighted by Gasteiger charge is -2.07. The molecule has 3 nitrogen and oxygen atoms in total. The summed E-state index contributed by atoms with van der Waals surface area (Å²) in [6.45, 7) is 2.44. The van der Waals surface area contributed by atoms with Gasteiger partial charge in [0.05, 0.1) is 18.6 Å². The van der Waals surface area contributed by atoms with Crippen LogP contribution in [0.15, 0.2) is 30.7 Å². The van der Waals surface area contributed by atoms with Crippen LogP contribution in [0.5, 0.6) is 0 Å². The minimum Gasteiger partial charge on any atom is -0.379 e. The number of imidazole rings is 1. The summed E-state index contributed by atoms with van der Waals surface area (Å²) in [5, 5.41) is 3.23. The lowest BCUT2D eigenvalue weighted by atomic mass is 10.2. The summed E-state index contributed by atoms with van der Waals surface area (Å²) in [5.74, 6) is -0.175. The maximum Gasteiger partial charge on any atom is 0.126 e. The smallest absolute Gasteiger partial charge is 0.126 e. The molecule has 1 aromatic carbocycles. The number of aromatic nitrogens is 2. The van der Waals surface area contributed by atoms with Crippen molar-refractivity contribution < 1.29 is 4.39 Å². The second-order valence-electron chi connectivity index (χ2n) is 3.81. The normalized spacial score (nSPS) is 10.4. The van der Waals surface area contributed by atoms with Crippen molar-refractivity contribution in [2.45, 2.75) is 13.5 Å². The molecule has 0 aliphatic heterocycles. The molecule has 0 unspecified atom stereocenters. The minimum atomic E-state index is -0.175. The molecule has 0 saturated carbocycles. The van der Waals surface area contributed by atoms with Gasteiger partial charge in [-0.1, -0.05) is 0 Å². The summed E-state index contributed by atoms with van der Waals surface area (Å²) in [4.78, 5) is 4.03. The lowest BCUT2D eigenvalue weighted by molar-refractivity contribution is 0.618. The number of hydrogen-bond acceptors (Lipinski definition) is 2. The van der Waals surface area contributed by atoms with E-state index in [1.54, 1.807) is 25.4 Å². The third kappa shape index (κ3) is 2.21. The van der Waals surface area contributed by atoms with Crippen molar-refractivity contribution in [3.8, 4) is 0 Å². The van der Waals surface area contributed by atoms with Crippen LogP contribution in [0.4, 0.5) is 10.1 Å². The molecule has 1 aromatic heterocycles. The zero-order valence-electron chi connectivity index (χ0n) is 9.37. The highest BCUT2D eigenvalue weighted by Gasteiger charge is 2.00. The number of nitrogens with one attached hydrogen (secondary N) is 1. The van der Waals surface area contributed by atoms with Crippen LogP contribution in [-0.4, -0.2) is 9.55 Å². The van der Waals surface area contributed by atoms with Crippen LogP contribution in [0.1, 0.15) is 11.3 Å². The van der Waals surface area contributed by atoms with Gasteiger partial charge in [0, 0.05) is 18.9 Å². The maximum atomic E-state index is 13.0. The predicted octanol–water partition coefficient (Wildman–Crippen LogP) is 2.48. The van der Waals surface area contributed by atoms with E-state index in [4.69, 9.17) is 0 Å². The van der Waals surface area contributed by atoms with Gasteiger partial charge in [-0.15, -0.1) is 0 Å². The van der Waals surface area contributed by atoms with Crippen LogP contribution in [0.3, 0.4) is 0 Å². The summed E-state index contributed by atoms with van der Waals surface area (Å²) in [6, 6.07) is 5.01. The maximum absolute atomic E-state index is 13.0. The van der Waals surface area contributed by atoms with Gasteiger partial charge in [0.2, 0.25) is 0 Å². The lowest BCUT2D eigenvalue weighted by Crippen LogP contribution is -2.04. The minimum absolute atomic E-state index is 0.175. The molecule has 0 radical (unpaired) electrons. The quantitative estimate of drug-likeness (QED) is 0.859. The summed E-state index contributed by atoms with van der Waals surface area (Å²) in [6.07, 6.45) is 3.57. The monoisotopic (exact) mass is 219 g/mol. The molecule has 4 heteroatoms. The Bertz CT molecular complexity index is 491. The van der Waals surface area contributed by atoms with Gasteiger partial charge in [0.1, 0.15) is 5.82 Å². The molecule has 2 rings (SSSR count). The summed E-state index contributed by atoms with van der Waals surface area (Å²) < 4.78 is 15.0. The van der Waals surface area contributed by atoms with Crippen LogP contribution in [0.25, 0.3) is 0 Å². The van der Waals surface area contributed by atoms with E-state index in [1.807, 2.05) is 17.8 Å². The Balaban J connectivity index is 2.05. The van der Waals surface area contributed by atoms with Crippen LogP contribution in [-0.2, 0) is 13.6 Å². The second-order valence-corrected chi connectivity index (χ2v) is 3.81. The third-order valence-electron chi connectivity index (χ3n) is 2.55. The largest absolute Gasteiger partial charge is 0.379 e. The summed E-state index contributed by atoms with van der Waals surface area (Å²) in [5.41, 5.74) is 2.65. The summed E-state index contributed by atoms with van der Waals surface area (Å²) >= 11 is 0. The van der Waals surface area contributed by atoms with Gasteiger partial charge in [0.25, 0.3) is 0 Å². The molecule has 0 aliphatic rings. The highest BCUT2D eigenvalue weighted by atomic mass is 19.1. The van der Waals surface area contributed by atoms with Gasteiger partial charge in [-0.2, -0.15) is 0 Å². The van der Waals surface area contributed by atoms with Gasteiger partial charge >= 0.3 is 0 Å². The number of anilines is 1. The third-order valence-corrected chi connectivity index (χ3v) is 2.55. The standard InChI is InChI=1S/C12H14FN3/c1-9-5-10(3-4-12(9)13)15-7-11-6-14-8-16(11)2/h3-6,8,15H,7H2,1-2H3. The van der Waals surface area contributed by atoms with Crippen molar-refractivity contribution in [1.82, 2.24) is 9.55 Å². The first-order valence-corrected chi connectivity index (χ1v) is 5.12. The predicted molar refractivity (Wildman–Crippen MR) is 61.7 cm³/mol. The van der Waals surface area contributed by atoms with E-state index in [-0.39, 0.29) is 5.82 Å². The highest BCUT2D eigenvalue weighted by molar-refractivity contribution is 5.46. The fraction of sp³-hybridized carbons (Fsp3) is 0.250. The number of halogens is 1. The highest BCUT2D eigenvalue weighted by Crippen LogP contribution is 2.14. The van der Waals surface area contributed by atoms with Crippen LogP contribution in [0.2, 0.25) is 0 Å². The van der Waals surface area contributed by atoms with Crippen molar-refractivity contribution in [3.05, 3.63) is 47.8 Å². The van der Waals surface area contributed by atoms with Crippen molar-refractivity contribution in [3.63, 3.8) is 0 Å². The van der Waals surface area contributed by atoms with Gasteiger partial charge in [0.15, 0.2) is 0 Å². The van der Waals surface area contributed by atoms with Crippen LogP contribution >= 0.6 is 0 Å². The number of benzene rings is 1. The van der Waals surface area contributed by atoms with E-state index in [2.05, 4.69) is 10.3 Å². The molecule has 0 saturated heterocycles. The molecule has 0 amide bonds. The number of rotatable bonds is 3. The molecule has 84 valence electrons. The van der Waals surface area contributed by atoms with Gasteiger partial charge in [-0.25, -0.2) is 9.37 Å². The molecular weight excluding hydrogens is 205 g/mol. The molecule has 0 aliphatic carbocycles. The molecule has 1 heterocycles. The molecule has 0 bridgehead atoms. The Morgan fingerprint density at radius 1 is 1.44 bits per heavy atom. The molecular formula is C12H14FN3. The van der Waals surface area contributed by atoms with Crippen LogP contribution in [0, 0.1) is 12.7 Å². The first-order valence-electron chi connectivity index (χ1n) is 5.12. The SMILES string of the molecule is Cc1cc(NCc2cncn2C)ccc1F. The molecule has 0 atom stereocenters. The van der Waals surface area contributed by atoms with E-state index < -0.39 is 0 Å². The number of nitrogens with zero attached hydrogens (tertiary/aromatic N) is 2. The Morgan fingerprint density at radius 3 is 2.88 bits per heavy atom. The molecule has 1 N–H and O–H groups in total. The Morgan fingerprint density at radius 2 is 2.25 bits per heavy atom. The van der Waals surface area contributed by atoms with E-state index in [9.17, 15) is 4.39 Å². The van der Waals surface area contributed by atoms with Crippen LogP contribution < -0.4 is 5.32 Å². The first kappa shape index (κ1) is 10.7.